The number of hydrogen-bond acceptors (Lipinski definition) is 2. The second-order valence-corrected chi connectivity index (χ2v) is 3.47. The Hall–Kier alpha value is -0.570. The molecule has 12 heavy (non-hydrogen) atoms. The standard InChI is InChI=1S/C9H19NO2/c1-4-5-10(3)7-8(2)6-9(11)12/h8H,4-7H2,1-3H3,(H,11,12). The van der Waals surface area contributed by atoms with Crippen LogP contribution in [0.25, 0.3) is 0 Å². The minimum Gasteiger partial charge on any atom is -0.481 e. The second-order valence-electron chi connectivity index (χ2n) is 3.47. The Bertz CT molecular complexity index is 136. The van der Waals surface area contributed by atoms with Gasteiger partial charge in [0, 0.05) is 13.0 Å². The lowest BCUT2D eigenvalue weighted by Crippen LogP contribution is -2.26. The molecular weight excluding hydrogens is 154 g/mol. The van der Waals surface area contributed by atoms with E-state index in [0.717, 1.165) is 19.5 Å². The minimum absolute atomic E-state index is 0.249. The van der Waals surface area contributed by atoms with E-state index in [0.29, 0.717) is 0 Å². The summed E-state index contributed by atoms with van der Waals surface area (Å²) in [6.07, 6.45) is 1.39. The van der Waals surface area contributed by atoms with E-state index < -0.39 is 5.97 Å². The zero-order chi connectivity index (χ0) is 9.56. The van der Waals surface area contributed by atoms with Crippen molar-refractivity contribution in [1.82, 2.24) is 4.90 Å². The first-order valence-electron chi connectivity index (χ1n) is 4.46. The van der Waals surface area contributed by atoms with E-state index in [1.54, 1.807) is 0 Å². The van der Waals surface area contributed by atoms with Gasteiger partial charge in [-0.2, -0.15) is 0 Å². The number of carbonyl (C=O) groups is 1. The fraction of sp³-hybridized carbons (Fsp3) is 0.889. The van der Waals surface area contributed by atoms with Crippen LogP contribution in [0.5, 0.6) is 0 Å². The Balaban J connectivity index is 3.53. The van der Waals surface area contributed by atoms with E-state index in [1.165, 1.54) is 0 Å². The molecule has 3 heteroatoms. The largest absolute Gasteiger partial charge is 0.481 e. The van der Waals surface area contributed by atoms with Crippen LogP contribution < -0.4 is 0 Å². The highest BCUT2D eigenvalue weighted by atomic mass is 16.4. The monoisotopic (exact) mass is 173 g/mol. The summed E-state index contributed by atoms with van der Waals surface area (Å²) in [4.78, 5) is 12.5. The molecule has 0 radical (unpaired) electrons. The summed E-state index contributed by atoms with van der Waals surface area (Å²) in [7, 11) is 2.03. The molecule has 0 heterocycles. The topological polar surface area (TPSA) is 40.5 Å². The van der Waals surface area contributed by atoms with Gasteiger partial charge >= 0.3 is 5.97 Å². The molecule has 0 aromatic carbocycles. The van der Waals surface area contributed by atoms with Gasteiger partial charge in [0.2, 0.25) is 0 Å². The van der Waals surface area contributed by atoms with Crippen LogP contribution in [0.1, 0.15) is 26.7 Å². The second kappa shape index (κ2) is 6.00. The van der Waals surface area contributed by atoms with Gasteiger partial charge in [-0.3, -0.25) is 4.79 Å². The zero-order valence-corrected chi connectivity index (χ0v) is 8.21. The van der Waals surface area contributed by atoms with Crippen LogP contribution in [0.15, 0.2) is 0 Å². The van der Waals surface area contributed by atoms with Crippen molar-refractivity contribution >= 4 is 5.97 Å². The molecule has 0 aliphatic heterocycles. The minimum atomic E-state index is -0.701. The lowest BCUT2D eigenvalue weighted by atomic mass is 10.1. The molecule has 0 spiro atoms. The van der Waals surface area contributed by atoms with Gasteiger partial charge in [-0.05, 0) is 25.9 Å². The van der Waals surface area contributed by atoms with Crippen LogP contribution in [-0.4, -0.2) is 36.1 Å². The molecule has 1 unspecified atom stereocenters. The Morgan fingerprint density at radius 3 is 2.58 bits per heavy atom. The van der Waals surface area contributed by atoms with Crippen molar-refractivity contribution in [2.75, 3.05) is 20.1 Å². The average Bonchev–Trinajstić information content (AvgIpc) is 1.84. The summed E-state index contributed by atoms with van der Waals surface area (Å²) in [5.74, 6) is -0.452. The van der Waals surface area contributed by atoms with Gasteiger partial charge in [0.15, 0.2) is 0 Å². The molecule has 0 aliphatic carbocycles. The normalized spacial score (nSPS) is 13.3. The van der Waals surface area contributed by atoms with Crippen LogP contribution in [0, 0.1) is 5.92 Å². The van der Waals surface area contributed by atoms with Gasteiger partial charge in [-0.15, -0.1) is 0 Å². The molecular formula is C9H19NO2. The van der Waals surface area contributed by atoms with Crippen LogP contribution in [-0.2, 0) is 4.79 Å². The lowest BCUT2D eigenvalue weighted by Gasteiger charge is -2.19. The van der Waals surface area contributed by atoms with Crippen molar-refractivity contribution in [2.24, 2.45) is 5.92 Å². The fourth-order valence-electron chi connectivity index (χ4n) is 1.37. The Labute approximate surface area is 74.4 Å². The molecule has 1 atom stereocenters. The maximum absolute atomic E-state index is 10.3. The Morgan fingerprint density at radius 2 is 2.17 bits per heavy atom. The summed E-state index contributed by atoms with van der Waals surface area (Å²) in [5.41, 5.74) is 0. The van der Waals surface area contributed by atoms with Crippen LogP contribution >= 0.6 is 0 Å². The molecule has 0 aromatic rings. The predicted molar refractivity (Wildman–Crippen MR) is 49.2 cm³/mol. The first-order valence-corrected chi connectivity index (χ1v) is 4.46. The molecule has 1 N–H and O–H groups in total. The fourth-order valence-corrected chi connectivity index (χ4v) is 1.37. The summed E-state index contributed by atoms with van der Waals surface area (Å²) >= 11 is 0. The molecule has 0 bridgehead atoms. The highest BCUT2D eigenvalue weighted by molar-refractivity contribution is 5.66. The van der Waals surface area contributed by atoms with Crippen LogP contribution in [0.2, 0.25) is 0 Å². The van der Waals surface area contributed by atoms with E-state index in [9.17, 15) is 4.79 Å². The predicted octanol–water partition coefficient (Wildman–Crippen LogP) is 1.44. The molecule has 3 nitrogen and oxygen atoms in total. The smallest absolute Gasteiger partial charge is 0.303 e. The lowest BCUT2D eigenvalue weighted by molar-refractivity contribution is -0.138. The number of hydrogen-bond donors (Lipinski definition) is 1. The molecule has 0 amide bonds. The summed E-state index contributed by atoms with van der Waals surface area (Å²) < 4.78 is 0. The Morgan fingerprint density at radius 1 is 1.58 bits per heavy atom. The van der Waals surface area contributed by atoms with Crippen molar-refractivity contribution in [3.05, 3.63) is 0 Å². The number of carboxylic acid groups (broad SMARTS) is 1. The van der Waals surface area contributed by atoms with Crippen molar-refractivity contribution in [3.8, 4) is 0 Å². The molecule has 0 saturated carbocycles. The van der Waals surface area contributed by atoms with Crippen molar-refractivity contribution in [2.45, 2.75) is 26.7 Å². The van der Waals surface area contributed by atoms with E-state index in [4.69, 9.17) is 5.11 Å². The third-order valence-electron chi connectivity index (χ3n) is 1.75. The third-order valence-corrected chi connectivity index (χ3v) is 1.75. The molecule has 0 saturated heterocycles. The highest BCUT2D eigenvalue weighted by Crippen LogP contribution is 2.03. The maximum atomic E-state index is 10.3. The Kier molecular flexibility index (Phi) is 5.72. The zero-order valence-electron chi connectivity index (χ0n) is 8.21. The summed E-state index contributed by atoms with van der Waals surface area (Å²) in [5, 5.41) is 8.51. The number of aliphatic carboxylic acids is 1. The van der Waals surface area contributed by atoms with Gasteiger partial charge in [0.25, 0.3) is 0 Å². The number of nitrogens with zero attached hydrogens (tertiary/aromatic N) is 1. The molecule has 0 fully saturated rings. The van der Waals surface area contributed by atoms with Gasteiger partial charge < -0.3 is 10.0 Å². The van der Waals surface area contributed by atoms with Crippen LogP contribution in [0.4, 0.5) is 0 Å². The van der Waals surface area contributed by atoms with Crippen molar-refractivity contribution in [3.63, 3.8) is 0 Å². The van der Waals surface area contributed by atoms with Gasteiger partial charge in [-0.1, -0.05) is 13.8 Å². The first kappa shape index (κ1) is 11.4. The molecule has 0 rings (SSSR count). The van der Waals surface area contributed by atoms with Gasteiger partial charge in [0.1, 0.15) is 0 Å². The SMILES string of the molecule is CCCN(C)CC(C)CC(=O)O. The molecule has 72 valence electrons. The third kappa shape index (κ3) is 6.16. The summed E-state index contributed by atoms with van der Waals surface area (Å²) in [6, 6.07) is 0. The highest BCUT2D eigenvalue weighted by Gasteiger charge is 2.09. The van der Waals surface area contributed by atoms with Gasteiger partial charge in [-0.25, -0.2) is 0 Å². The number of carboxylic acids is 1. The molecule has 0 aromatic heterocycles. The summed E-state index contributed by atoms with van der Waals surface area (Å²) in [6.45, 7) is 6.02. The van der Waals surface area contributed by atoms with Crippen molar-refractivity contribution < 1.29 is 9.90 Å². The van der Waals surface area contributed by atoms with Crippen LogP contribution in [0.3, 0.4) is 0 Å². The van der Waals surface area contributed by atoms with Gasteiger partial charge in [0.05, 0.1) is 0 Å². The number of rotatable bonds is 6. The maximum Gasteiger partial charge on any atom is 0.303 e. The average molecular weight is 173 g/mol. The van der Waals surface area contributed by atoms with E-state index >= 15 is 0 Å². The molecule has 0 aliphatic rings. The van der Waals surface area contributed by atoms with E-state index in [2.05, 4.69) is 11.8 Å². The van der Waals surface area contributed by atoms with E-state index in [1.807, 2.05) is 14.0 Å². The van der Waals surface area contributed by atoms with Crippen molar-refractivity contribution in [1.29, 1.82) is 0 Å². The van der Waals surface area contributed by atoms with E-state index in [-0.39, 0.29) is 12.3 Å². The quantitative estimate of drug-likeness (QED) is 0.660. The first-order chi connectivity index (χ1) is 5.56.